The van der Waals surface area contributed by atoms with Crippen molar-refractivity contribution in [2.45, 2.75) is 43.7 Å². The molecule has 2 aliphatic rings. The highest BCUT2D eigenvalue weighted by atomic mass is 35.5. The van der Waals surface area contributed by atoms with E-state index in [-0.39, 0.29) is 43.6 Å². The molecular formula is C43H30Cl2F3N2O4S3+. The Morgan fingerprint density at radius 1 is 0.667 bits per heavy atom. The van der Waals surface area contributed by atoms with Gasteiger partial charge in [-0.1, -0.05) is 59.6 Å². The van der Waals surface area contributed by atoms with E-state index >= 15 is 13.2 Å². The smallest absolute Gasteiger partial charge is 0.363 e. The van der Waals surface area contributed by atoms with Crippen molar-refractivity contribution in [2.75, 3.05) is 23.9 Å². The highest BCUT2D eigenvalue weighted by Gasteiger charge is 2.45. The molecule has 10 rings (SSSR count). The Hall–Kier alpha value is -4.43. The van der Waals surface area contributed by atoms with Gasteiger partial charge < -0.3 is 9.80 Å². The molecule has 0 atom stereocenters. The molecule has 0 amide bonds. The van der Waals surface area contributed by atoms with E-state index in [0.29, 0.717) is 22.5 Å². The predicted octanol–water partition coefficient (Wildman–Crippen LogP) is 13.6. The van der Waals surface area contributed by atoms with E-state index < -0.39 is 49.1 Å². The molecule has 57 heavy (non-hydrogen) atoms. The topological polar surface area (TPSA) is 72.1 Å². The number of fused-ring (bicyclic) bond motifs is 12. The van der Waals surface area contributed by atoms with Crippen LogP contribution in [0.5, 0.6) is 0 Å². The Kier molecular flexibility index (Phi) is 7.66. The predicted molar refractivity (Wildman–Crippen MR) is 228 cm³/mol. The third kappa shape index (κ3) is 4.74. The normalized spacial score (nSPS) is 15.7. The number of hydrogen-bond donors (Lipinski definition) is 1. The first-order valence-corrected chi connectivity index (χ1v) is 21.6. The molecule has 1 N–H and O–H groups in total. The summed E-state index contributed by atoms with van der Waals surface area (Å²) < 4.78 is 93.5. The Morgan fingerprint density at radius 2 is 1.11 bits per heavy atom. The summed E-state index contributed by atoms with van der Waals surface area (Å²) in [7, 11) is -1.72. The van der Waals surface area contributed by atoms with Crippen molar-refractivity contribution >= 4 is 109 Å². The number of thiophene rings is 2. The molecule has 3 aromatic heterocycles. The summed E-state index contributed by atoms with van der Waals surface area (Å²) >= 11 is 17.9. The van der Waals surface area contributed by atoms with Gasteiger partial charge in [0.05, 0.1) is 33.2 Å². The van der Waals surface area contributed by atoms with Crippen LogP contribution in [0.15, 0.2) is 76.0 Å². The molecule has 8 aromatic rings. The summed E-state index contributed by atoms with van der Waals surface area (Å²) in [6, 6.07) is 19.4. The molecular weight excluding hydrogens is 833 g/mol. The first kappa shape index (κ1) is 36.9. The maximum absolute atomic E-state index is 16.7. The number of nitrogens with zero attached hydrogens (tertiary/aromatic N) is 2. The van der Waals surface area contributed by atoms with Gasteiger partial charge in [-0.15, -0.1) is 22.7 Å². The molecule has 0 fully saturated rings. The summed E-state index contributed by atoms with van der Waals surface area (Å²) in [6.45, 7) is 8.29. The van der Waals surface area contributed by atoms with Crippen molar-refractivity contribution < 1.29 is 30.6 Å². The van der Waals surface area contributed by atoms with Gasteiger partial charge in [-0.3, -0.25) is 4.55 Å². The van der Waals surface area contributed by atoms with Crippen LogP contribution in [0.3, 0.4) is 0 Å². The molecule has 2 aliphatic heterocycles. The van der Waals surface area contributed by atoms with Crippen LogP contribution in [0.4, 0.5) is 24.5 Å². The molecule has 0 aliphatic carbocycles. The average molecular weight is 863 g/mol. The lowest BCUT2D eigenvalue weighted by molar-refractivity contribution is 0.460. The molecule has 6 nitrogen and oxygen atoms in total. The molecule has 0 radical (unpaired) electrons. The molecule has 14 heteroatoms. The zero-order valence-electron chi connectivity index (χ0n) is 31.0. The van der Waals surface area contributed by atoms with Gasteiger partial charge in [-0.05, 0) is 62.7 Å². The monoisotopic (exact) mass is 861 g/mol. The van der Waals surface area contributed by atoms with Gasteiger partial charge in [0.25, 0.3) is 10.1 Å². The number of benzene rings is 5. The van der Waals surface area contributed by atoms with E-state index in [0.717, 1.165) is 41.1 Å². The fraction of sp³-hybridized carbons (Fsp3) is 0.186. The lowest BCUT2D eigenvalue weighted by Crippen LogP contribution is -2.41. The largest absolute Gasteiger partial charge is 0.382 e. The molecule has 0 bridgehead atoms. The summed E-state index contributed by atoms with van der Waals surface area (Å²) in [5, 5.41) is 2.32. The van der Waals surface area contributed by atoms with Crippen LogP contribution in [-0.4, -0.2) is 27.1 Å². The SMILES string of the molecule is CN1c2c(cc3c(-c4c(F)c(F)cc(F)c4S(=O)(=O)O)c4cc5c(c(Cl)c4[o+]c3c2Cl)N(C)C(C)(C)c2c-5sc3ccccc23)-c2sc3ccccc3c2C1(C)C. The van der Waals surface area contributed by atoms with Crippen LogP contribution < -0.4 is 9.80 Å². The van der Waals surface area contributed by atoms with Crippen molar-refractivity contribution in [1.82, 2.24) is 0 Å². The molecule has 5 aromatic carbocycles. The summed E-state index contributed by atoms with van der Waals surface area (Å²) in [5.41, 5.74) is 1.86. The molecule has 0 saturated heterocycles. The maximum Gasteiger partial charge on any atom is 0.382 e. The Bertz CT molecular complexity index is 3120. The van der Waals surface area contributed by atoms with Crippen molar-refractivity contribution in [2.24, 2.45) is 0 Å². The third-order valence-corrected chi connectivity index (χ3v) is 16.0. The second-order valence-electron chi connectivity index (χ2n) is 15.6. The molecule has 288 valence electrons. The lowest BCUT2D eigenvalue weighted by atomic mass is 9.82. The van der Waals surface area contributed by atoms with Gasteiger partial charge in [0, 0.05) is 72.7 Å². The molecule has 5 heterocycles. The van der Waals surface area contributed by atoms with Crippen molar-refractivity contribution in [3.8, 4) is 32.0 Å². The fourth-order valence-corrected chi connectivity index (χ4v) is 13.2. The minimum atomic E-state index is -5.51. The van der Waals surface area contributed by atoms with E-state index in [2.05, 4.69) is 27.7 Å². The minimum Gasteiger partial charge on any atom is -0.363 e. The zero-order chi connectivity index (χ0) is 40.4. The van der Waals surface area contributed by atoms with Crippen LogP contribution in [-0.2, 0) is 21.2 Å². The standard InChI is InChI=1S/C43H29Cl2F3N2O4S3/c1-42(2)30-18-11-7-9-13-26(18)55-39(30)22-15-20-28(29-34(48)24(46)17-25(47)41(29)57(51,52)53)21-16-23-36(33(45)38(21)54-37(20)32(44)35(22)49(42)5)50(6)43(3,4)31-19-12-8-10-14-27(19)56-40(23)31/h7-17H,1-6H3/p+1. The van der Waals surface area contributed by atoms with Crippen molar-refractivity contribution in [1.29, 1.82) is 0 Å². The minimum absolute atomic E-state index is 0.0300. The van der Waals surface area contributed by atoms with Gasteiger partial charge in [-0.2, -0.15) is 8.42 Å². The van der Waals surface area contributed by atoms with E-state index in [9.17, 15) is 13.0 Å². The van der Waals surface area contributed by atoms with Gasteiger partial charge in [0.1, 0.15) is 10.7 Å². The maximum atomic E-state index is 16.7. The highest BCUT2D eigenvalue weighted by Crippen LogP contribution is 2.61. The Labute approximate surface area is 343 Å². The lowest BCUT2D eigenvalue weighted by Gasteiger charge is -2.43. The second-order valence-corrected chi connectivity index (χ2v) is 19.8. The van der Waals surface area contributed by atoms with Gasteiger partial charge in [-0.25, -0.2) is 17.6 Å². The van der Waals surface area contributed by atoms with E-state index in [4.69, 9.17) is 27.6 Å². The number of rotatable bonds is 2. The Balaban J connectivity index is 1.45. The van der Waals surface area contributed by atoms with Crippen LogP contribution in [0, 0.1) is 17.5 Å². The van der Waals surface area contributed by atoms with Gasteiger partial charge in [0.15, 0.2) is 21.7 Å². The molecule has 0 unspecified atom stereocenters. The summed E-state index contributed by atoms with van der Waals surface area (Å²) in [5.74, 6) is -5.03. The van der Waals surface area contributed by atoms with E-state index in [1.807, 2.05) is 72.4 Å². The first-order valence-electron chi connectivity index (χ1n) is 17.8. The van der Waals surface area contributed by atoms with Crippen LogP contribution in [0.2, 0.25) is 10.0 Å². The van der Waals surface area contributed by atoms with Crippen molar-refractivity contribution in [3.05, 3.63) is 105 Å². The molecule has 0 saturated carbocycles. The van der Waals surface area contributed by atoms with Crippen LogP contribution in [0.25, 0.3) is 74.1 Å². The quantitative estimate of drug-likeness (QED) is 0.0808. The average Bonchev–Trinajstić information content (AvgIpc) is 3.74. The van der Waals surface area contributed by atoms with Crippen LogP contribution in [0.1, 0.15) is 38.8 Å². The van der Waals surface area contributed by atoms with Gasteiger partial charge in [0.2, 0.25) is 0 Å². The number of anilines is 2. The third-order valence-electron chi connectivity index (χ3n) is 12.0. The second kappa shape index (κ2) is 11.8. The zero-order valence-corrected chi connectivity index (χ0v) is 35.0. The Morgan fingerprint density at radius 3 is 1.54 bits per heavy atom. The van der Waals surface area contributed by atoms with E-state index in [1.165, 1.54) is 22.7 Å². The molecule has 0 spiro atoms. The summed E-state index contributed by atoms with van der Waals surface area (Å²) in [4.78, 5) is 4.31. The fourth-order valence-electron chi connectivity index (χ4n) is 8.97. The van der Waals surface area contributed by atoms with Gasteiger partial charge >= 0.3 is 11.2 Å². The van der Waals surface area contributed by atoms with E-state index in [1.54, 1.807) is 12.1 Å². The number of halogens is 5. The summed E-state index contributed by atoms with van der Waals surface area (Å²) in [6.07, 6.45) is 0. The first-order chi connectivity index (χ1) is 26.9. The van der Waals surface area contributed by atoms with Crippen LogP contribution >= 0.6 is 45.9 Å². The van der Waals surface area contributed by atoms with Crippen molar-refractivity contribution in [3.63, 3.8) is 0 Å². The number of hydrogen-bond acceptors (Lipinski definition) is 6. The highest BCUT2D eigenvalue weighted by molar-refractivity contribution is 7.86.